The van der Waals surface area contributed by atoms with E-state index in [0.29, 0.717) is 6.61 Å². The van der Waals surface area contributed by atoms with Gasteiger partial charge in [0, 0.05) is 6.20 Å². The topological polar surface area (TPSA) is 39.2 Å². The first-order valence-electron chi connectivity index (χ1n) is 7.40. The number of aromatic nitrogens is 1. The summed E-state index contributed by atoms with van der Waals surface area (Å²) in [5.74, 6) is 0.700. The van der Waals surface area contributed by atoms with Crippen LogP contribution in [-0.4, -0.2) is 17.6 Å². The molecule has 1 heterocycles. The Hall–Kier alpha value is -1.38. The standard InChI is InChI=1S/C16H23NO2/c18-16(13-15-10-4-5-11-17-15)19-12-6-9-14-7-2-1-3-8-14/h4-5,10-11,14H,1-3,6-9,12-13H2. The van der Waals surface area contributed by atoms with Gasteiger partial charge in [-0.2, -0.15) is 0 Å². The molecule has 0 atom stereocenters. The number of carbonyl (C=O) groups excluding carboxylic acids is 1. The quantitative estimate of drug-likeness (QED) is 0.581. The van der Waals surface area contributed by atoms with Crippen molar-refractivity contribution < 1.29 is 9.53 Å². The smallest absolute Gasteiger partial charge is 0.311 e. The zero-order valence-corrected chi connectivity index (χ0v) is 11.5. The Labute approximate surface area is 115 Å². The molecule has 0 radical (unpaired) electrons. The molecule has 1 aliphatic carbocycles. The fourth-order valence-electron chi connectivity index (χ4n) is 2.74. The van der Waals surface area contributed by atoms with Crippen molar-refractivity contribution in [2.24, 2.45) is 5.92 Å². The van der Waals surface area contributed by atoms with Gasteiger partial charge < -0.3 is 4.74 Å². The molecule has 1 fully saturated rings. The molecule has 1 aromatic rings. The summed E-state index contributed by atoms with van der Waals surface area (Å²) >= 11 is 0. The highest BCUT2D eigenvalue weighted by atomic mass is 16.5. The van der Waals surface area contributed by atoms with E-state index in [9.17, 15) is 4.79 Å². The molecule has 1 aromatic heterocycles. The lowest BCUT2D eigenvalue weighted by atomic mass is 9.86. The summed E-state index contributed by atoms with van der Waals surface area (Å²) in [6.45, 7) is 0.558. The number of esters is 1. The highest BCUT2D eigenvalue weighted by molar-refractivity contribution is 5.71. The number of pyridine rings is 1. The Kier molecular flexibility index (Phi) is 5.86. The average Bonchev–Trinajstić information content (AvgIpc) is 2.46. The molecule has 0 saturated heterocycles. The summed E-state index contributed by atoms with van der Waals surface area (Å²) in [6.07, 6.45) is 11.1. The van der Waals surface area contributed by atoms with E-state index in [4.69, 9.17) is 4.74 Å². The maximum absolute atomic E-state index is 11.6. The highest BCUT2D eigenvalue weighted by Gasteiger charge is 2.13. The summed E-state index contributed by atoms with van der Waals surface area (Å²) in [5.41, 5.74) is 0.778. The maximum atomic E-state index is 11.6. The van der Waals surface area contributed by atoms with Gasteiger partial charge in [0.15, 0.2) is 0 Å². The van der Waals surface area contributed by atoms with Crippen LogP contribution in [0.25, 0.3) is 0 Å². The van der Waals surface area contributed by atoms with Gasteiger partial charge in [-0.05, 0) is 30.9 Å². The Morgan fingerprint density at radius 3 is 2.84 bits per heavy atom. The van der Waals surface area contributed by atoms with E-state index in [-0.39, 0.29) is 12.4 Å². The van der Waals surface area contributed by atoms with E-state index in [2.05, 4.69) is 4.98 Å². The second-order valence-corrected chi connectivity index (χ2v) is 5.36. The number of hydrogen-bond acceptors (Lipinski definition) is 3. The average molecular weight is 261 g/mol. The molecule has 0 aliphatic heterocycles. The third kappa shape index (κ3) is 5.41. The van der Waals surface area contributed by atoms with Gasteiger partial charge >= 0.3 is 5.97 Å². The van der Waals surface area contributed by atoms with Crippen LogP contribution in [0.4, 0.5) is 0 Å². The van der Waals surface area contributed by atoms with Crippen molar-refractivity contribution in [1.29, 1.82) is 0 Å². The third-order valence-electron chi connectivity index (χ3n) is 3.80. The van der Waals surface area contributed by atoms with Gasteiger partial charge in [-0.15, -0.1) is 0 Å². The first-order chi connectivity index (χ1) is 9.34. The zero-order chi connectivity index (χ0) is 13.3. The van der Waals surface area contributed by atoms with Crippen molar-refractivity contribution >= 4 is 5.97 Å². The normalized spacial score (nSPS) is 16.2. The van der Waals surface area contributed by atoms with Crippen molar-refractivity contribution in [3.63, 3.8) is 0 Å². The molecule has 0 bridgehead atoms. The third-order valence-corrected chi connectivity index (χ3v) is 3.80. The molecular weight excluding hydrogens is 238 g/mol. The van der Waals surface area contributed by atoms with Crippen LogP contribution in [0.2, 0.25) is 0 Å². The predicted molar refractivity (Wildman–Crippen MR) is 74.7 cm³/mol. The molecular formula is C16H23NO2. The van der Waals surface area contributed by atoms with Gasteiger partial charge in [0.2, 0.25) is 0 Å². The molecule has 0 aromatic carbocycles. The summed E-state index contributed by atoms with van der Waals surface area (Å²) in [6, 6.07) is 5.58. The molecule has 19 heavy (non-hydrogen) atoms. The van der Waals surface area contributed by atoms with Crippen LogP contribution in [0.3, 0.4) is 0 Å². The first-order valence-corrected chi connectivity index (χ1v) is 7.40. The minimum atomic E-state index is -0.164. The lowest BCUT2D eigenvalue weighted by Crippen LogP contribution is -2.12. The van der Waals surface area contributed by atoms with Crippen LogP contribution in [0, 0.1) is 5.92 Å². The van der Waals surface area contributed by atoms with Gasteiger partial charge in [-0.1, -0.05) is 38.2 Å². The van der Waals surface area contributed by atoms with Crippen molar-refractivity contribution in [3.05, 3.63) is 30.1 Å². The Morgan fingerprint density at radius 2 is 2.11 bits per heavy atom. The molecule has 0 spiro atoms. The molecule has 2 rings (SSSR count). The van der Waals surface area contributed by atoms with E-state index < -0.39 is 0 Å². The number of hydrogen-bond donors (Lipinski definition) is 0. The van der Waals surface area contributed by atoms with Crippen LogP contribution < -0.4 is 0 Å². The van der Waals surface area contributed by atoms with Gasteiger partial charge in [-0.3, -0.25) is 9.78 Å². The zero-order valence-electron chi connectivity index (χ0n) is 11.5. The Balaban J connectivity index is 1.56. The molecule has 1 aliphatic rings. The van der Waals surface area contributed by atoms with Crippen molar-refractivity contribution in [1.82, 2.24) is 4.98 Å². The minimum Gasteiger partial charge on any atom is -0.465 e. The SMILES string of the molecule is O=C(Cc1ccccn1)OCCCC1CCCCC1. The monoisotopic (exact) mass is 261 g/mol. The lowest BCUT2D eigenvalue weighted by molar-refractivity contribution is -0.143. The summed E-state index contributed by atoms with van der Waals surface area (Å²) in [4.78, 5) is 15.7. The highest BCUT2D eigenvalue weighted by Crippen LogP contribution is 2.27. The molecule has 1 saturated carbocycles. The van der Waals surface area contributed by atoms with E-state index in [1.54, 1.807) is 6.20 Å². The van der Waals surface area contributed by atoms with Crippen molar-refractivity contribution in [2.75, 3.05) is 6.61 Å². The summed E-state index contributed by atoms with van der Waals surface area (Å²) in [7, 11) is 0. The molecule has 0 amide bonds. The molecule has 3 heteroatoms. The molecule has 0 N–H and O–H groups in total. The number of ether oxygens (including phenoxy) is 1. The fourth-order valence-corrected chi connectivity index (χ4v) is 2.74. The van der Waals surface area contributed by atoms with E-state index in [1.165, 1.54) is 38.5 Å². The largest absolute Gasteiger partial charge is 0.465 e. The van der Waals surface area contributed by atoms with E-state index in [1.807, 2.05) is 18.2 Å². The Bertz CT molecular complexity index is 372. The molecule has 0 unspecified atom stereocenters. The summed E-state index contributed by atoms with van der Waals surface area (Å²) in [5, 5.41) is 0. The Morgan fingerprint density at radius 1 is 1.26 bits per heavy atom. The van der Waals surface area contributed by atoms with Crippen LogP contribution in [0.1, 0.15) is 50.6 Å². The van der Waals surface area contributed by atoms with Gasteiger partial charge in [0.05, 0.1) is 18.7 Å². The van der Waals surface area contributed by atoms with Crippen LogP contribution in [-0.2, 0) is 16.0 Å². The van der Waals surface area contributed by atoms with E-state index >= 15 is 0 Å². The second kappa shape index (κ2) is 7.93. The second-order valence-electron chi connectivity index (χ2n) is 5.36. The predicted octanol–water partition coefficient (Wildman–Crippen LogP) is 3.53. The van der Waals surface area contributed by atoms with Gasteiger partial charge in [0.1, 0.15) is 0 Å². The van der Waals surface area contributed by atoms with Crippen LogP contribution in [0.5, 0.6) is 0 Å². The summed E-state index contributed by atoms with van der Waals surface area (Å²) < 4.78 is 5.26. The van der Waals surface area contributed by atoms with Crippen LogP contribution >= 0.6 is 0 Å². The van der Waals surface area contributed by atoms with Gasteiger partial charge in [0.25, 0.3) is 0 Å². The first kappa shape index (κ1) is 14.0. The maximum Gasteiger partial charge on any atom is 0.311 e. The number of rotatable bonds is 6. The van der Waals surface area contributed by atoms with Gasteiger partial charge in [-0.25, -0.2) is 0 Å². The molecule has 104 valence electrons. The lowest BCUT2D eigenvalue weighted by Gasteiger charge is -2.21. The molecule has 3 nitrogen and oxygen atoms in total. The van der Waals surface area contributed by atoms with Crippen molar-refractivity contribution in [3.8, 4) is 0 Å². The number of carbonyl (C=O) groups is 1. The van der Waals surface area contributed by atoms with Crippen LogP contribution in [0.15, 0.2) is 24.4 Å². The minimum absolute atomic E-state index is 0.164. The van der Waals surface area contributed by atoms with E-state index in [0.717, 1.165) is 18.0 Å². The number of nitrogens with zero attached hydrogens (tertiary/aromatic N) is 1. The fraction of sp³-hybridized carbons (Fsp3) is 0.625. The van der Waals surface area contributed by atoms with Crippen molar-refractivity contribution in [2.45, 2.75) is 51.4 Å².